The first kappa shape index (κ1) is 19.7. The smallest absolute Gasteiger partial charge is 0.328 e. The Labute approximate surface area is 164 Å². The van der Waals surface area contributed by atoms with Crippen LogP contribution < -0.4 is 15.7 Å². The summed E-state index contributed by atoms with van der Waals surface area (Å²) in [5.41, 5.74) is 3.37. The molecule has 0 radical (unpaired) electrons. The molecule has 1 N–H and O–H groups in total. The van der Waals surface area contributed by atoms with Gasteiger partial charge in [-0.1, -0.05) is 32.9 Å². The van der Waals surface area contributed by atoms with Crippen LogP contribution >= 0.6 is 0 Å². The molecule has 0 aliphatic heterocycles. The minimum absolute atomic E-state index is 0.0672. The fourth-order valence-electron chi connectivity index (χ4n) is 3.12. The Bertz CT molecular complexity index is 1070. The molecule has 1 heterocycles. The Kier molecular flexibility index (Phi) is 5.06. The van der Waals surface area contributed by atoms with Crippen molar-refractivity contribution in [2.75, 3.05) is 5.32 Å². The van der Waals surface area contributed by atoms with E-state index in [2.05, 4.69) is 26.1 Å². The zero-order valence-electron chi connectivity index (χ0n) is 17.2. The molecule has 28 heavy (non-hydrogen) atoms. The van der Waals surface area contributed by atoms with Gasteiger partial charge in [0, 0.05) is 19.8 Å². The Balaban J connectivity index is 1.71. The number of amides is 1. The van der Waals surface area contributed by atoms with E-state index in [1.54, 1.807) is 42.3 Å². The van der Waals surface area contributed by atoms with Gasteiger partial charge in [-0.25, -0.2) is 4.79 Å². The van der Waals surface area contributed by atoms with E-state index in [1.807, 2.05) is 30.3 Å². The fraction of sp³-hybridized carbons (Fsp3) is 0.364. The lowest BCUT2D eigenvalue weighted by Crippen LogP contribution is -2.30. The highest BCUT2D eigenvalue weighted by molar-refractivity contribution is 5.95. The second-order valence-corrected chi connectivity index (χ2v) is 8.13. The Morgan fingerprint density at radius 1 is 1.00 bits per heavy atom. The summed E-state index contributed by atoms with van der Waals surface area (Å²) in [4.78, 5) is 24.6. The van der Waals surface area contributed by atoms with Gasteiger partial charge in [-0.05, 0) is 48.2 Å². The quantitative estimate of drug-likeness (QED) is 0.751. The summed E-state index contributed by atoms with van der Waals surface area (Å²) in [6.07, 6.45) is -0.657. The molecule has 6 nitrogen and oxygen atoms in total. The van der Waals surface area contributed by atoms with Gasteiger partial charge in [0.2, 0.25) is 0 Å². The summed E-state index contributed by atoms with van der Waals surface area (Å²) in [5, 5.41) is 2.86. The van der Waals surface area contributed by atoms with Crippen molar-refractivity contribution in [2.45, 2.75) is 39.2 Å². The van der Waals surface area contributed by atoms with Crippen LogP contribution in [0.2, 0.25) is 0 Å². The predicted molar refractivity (Wildman–Crippen MR) is 112 cm³/mol. The number of carbonyl (C=O) groups is 1. The predicted octanol–water partition coefficient (Wildman–Crippen LogP) is 3.58. The van der Waals surface area contributed by atoms with Crippen LogP contribution in [0.25, 0.3) is 11.0 Å². The third-order valence-electron chi connectivity index (χ3n) is 4.94. The number of aromatic nitrogens is 2. The van der Waals surface area contributed by atoms with Crippen molar-refractivity contribution < 1.29 is 9.53 Å². The van der Waals surface area contributed by atoms with Crippen LogP contribution in [0, 0.1) is 0 Å². The van der Waals surface area contributed by atoms with E-state index in [0.29, 0.717) is 11.4 Å². The van der Waals surface area contributed by atoms with Crippen LogP contribution in [0.3, 0.4) is 0 Å². The van der Waals surface area contributed by atoms with E-state index in [-0.39, 0.29) is 17.0 Å². The summed E-state index contributed by atoms with van der Waals surface area (Å²) in [6.45, 7) is 8.17. The van der Waals surface area contributed by atoms with Crippen molar-refractivity contribution in [2.24, 2.45) is 14.1 Å². The number of imidazole rings is 1. The van der Waals surface area contributed by atoms with Gasteiger partial charge in [-0.3, -0.25) is 13.9 Å². The molecule has 3 rings (SSSR count). The van der Waals surface area contributed by atoms with E-state index in [9.17, 15) is 9.59 Å². The third-order valence-corrected chi connectivity index (χ3v) is 4.94. The van der Waals surface area contributed by atoms with Crippen LogP contribution in [0.5, 0.6) is 5.75 Å². The van der Waals surface area contributed by atoms with Gasteiger partial charge in [0.1, 0.15) is 5.75 Å². The summed E-state index contributed by atoms with van der Waals surface area (Å²) in [7, 11) is 3.44. The highest BCUT2D eigenvalue weighted by Crippen LogP contribution is 2.25. The molecule has 3 aromatic rings. The monoisotopic (exact) mass is 381 g/mol. The first-order valence-electron chi connectivity index (χ1n) is 9.31. The van der Waals surface area contributed by atoms with Crippen molar-refractivity contribution in [1.82, 2.24) is 9.13 Å². The maximum Gasteiger partial charge on any atom is 0.328 e. The van der Waals surface area contributed by atoms with Crippen LogP contribution in [0.15, 0.2) is 47.3 Å². The summed E-state index contributed by atoms with van der Waals surface area (Å²) in [6, 6.07) is 13.2. The zero-order chi connectivity index (χ0) is 20.6. The number of benzene rings is 2. The maximum absolute atomic E-state index is 12.5. The lowest BCUT2D eigenvalue weighted by Gasteiger charge is -2.20. The summed E-state index contributed by atoms with van der Waals surface area (Å²) >= 11 is 0. The fourth-order valence-corrected chi connectivity index (χ4v) is 3.12. The standard InChI is InChI=1S/C22H27N3O3/c1-14(28-17-10-7-15(8-11-17)22(2,3)4)20(26)23-16-9-12-18-19(13-16)25(6)21(27)24(18)5/h7-14H,1-6H3,(H,23,26). The molecule has 2 aromatic carbocycles. The highest BCUT2D eigenvalue weighted by Gasteiger charge is 2.17. The average molecular weight is 381 g/mol. The highest BCUT2D eigenvalue weighted by atomic mass is 16.5. The van der Waals surface area contributed by atoms with Crippen molar-refractivity contribution in [3.05, 3.63) is 58.5 Å². The second-order valence-electron chi connectivity index (χ2n) is 8.13. The van der Waals surface area contributed by atoms with Crippen molar-refractivity contribution >= 4 is 22.6 Å². The number of rotatable bonds is 4. The van der Waals surface area contributed by atoms with Gasteiger partial charge in [0.25, 0.3) is 5.91 Å². The molecule has 1 aromatic heterocycles. The molecule has 0 saturated carbocycles. The number of hydrogen-bond donors (Lipinski definition) is 1. The number of aryl methyl sites for hydroxylation is 2. The Morgan fingerprint density at radius 2 is 1.61 bits per heavy atom. The molecular weight excluding hydrogens is 354 g/mol. The number of hydrogen-bond acceptors (Lipinski definition) is 3. The molecule has 6 heteroatoms. The largest absolute Gasteiger partial charge is 0.481 e. The normalized spacial score (nSPS) is 12.8. The molecule has 0 bridgehead atoms. The number of anilines is 1. The van der Waals surface area contributed by atoms with Crippen molar-refractivity contribution in [3.8, 4) is 5.75 Å². The van der Waals surface area contributed by atoms with Crippen LogP contribution in [-0.2, 0) is 24.3 Å². The Morgan fingerprint density at radius 3 is 2.21 bits per heavy atom. The number of nitrogens with one attached hydrogen (secondary N) is 1. The molecule has 1 atom stereocenters. The van der Waals surface area contributed by atoms with Gasteiger partial charge >= 0.3 is 5.69 Å². The molecule has 0 spiro atoms. The molecular formula is C22H27N3O3. The SMILES string of the molecule is CC(Oc1ccc(C(C)(C)C)cc1)C(=O)Nc1ccc2c(c1)n(C)c(=O)n2C. The Hall–Kier alpha value is -3.02. The molecule has 0 aliphatic carbocycles. The number of ether oxygens (including phenoxy) is 1. The summed E-state index contributed by atoms with van der Waals surface area (Å²) in [5.74, 6) is 0.400. The number of nitrogens with zero attached hydrogens (tertiary/aromatic N) is 2. The zero-order valence-corrected chi connectivity index (χ0v) is 17.2. The van der Waals surface area contributed by atoms with Crippen LogP contribution in [0.1, 0.15) is 33.3 Å². The van der Waals surface area contributed by atoms with Crippen LogP contribution in [-0.4, -0.2) is 21.1 Å². The molecule has 0 aliphatic rings. The van der Waals surface area contributed by atoms with Gasteiger partial charge in [0.05, 0.1) is 11.0 Å². The average Bonchev–Trinajstić information content (AvgIpc) is 2.85. The third kappa shape index (κ3) is 3.81. The van der Waals surface area contributed by atoms with E-state index in [1.165, 1.54) is 5.56 Å². The summed E-state index contributed by atoms with van der Waals surface area (Å²) < 4.78 is 8.91. The van der Waals surface area contributed by atoms with Crippen molar-refractivity contribution in [3.63, 3.8) is 0 Å². The molecule has 0 fully saturated rings. The molecule has 148 valence electrons. The molecule has 0 saturated heterocycles. The van der Waals surface area contributed by atoms with Gasteiger partial charge < -0.3 is 10.1 Å². The van der Waals surface area contributed by atoms with Gasteiger partial charge in [-0.15, -0.1) is 0 Å². The lowest BCUT2D eigenvalue weighted by atomic mass is 9.87. The maximum atomic E-state index is 12.5. The molecule has 1 amide bonds. The second kappa shape index (κ2) is 7.19. The van der Waals surface area contributed by atoms with Gasteiger partial charge in [-0.2, -0.15) is 0 Å². The number of carbonyl (C=O) groups excluding carboxylic acids is 1. The van der Waals surface area contributed by atoms with Crippen LogP contribution in [0.4, 0.5) is 5.69 Å². The van der Waals surface area contributed by atoms with E-state index < -0.39 is 6.10 Å². The topological polar surface area (TPSA) is 65.3 Å². The first-order chi connectivity index (χ1) is 13.1. The van der Waals surface area contributed by atoms with E-state index in [4.69, 9.17) is 4.74 Å². The minimum atomic E-state index is -0.657. The van der Waals surface area contributed by atoms with E-state index in [0.717, 1.165) is 11.0 Å². The van der Waals surface area contributed by atoms with E-state index >= 15 is 0 Å². The van der Waals surface area contributed by atoms with Gasteiger partial charge in [0.15, 0.2) is 6.10 Å². The lowest BCUT2D eigenvalue weighted by molar-refractivity contribution is -0.122. The van der Waals surface area contributed by atoms with Crippen molar-refractivity contribution in [1.29, 1.82) is 0 Å². The first-order valence-corrected chi connectivity index (χ1v) is 9.31. The molecule has 1 unspecified atom stereocenters. The number of fused-ring (bicyclic) bond motifs is 1. The minimum Gasteiger partial charge on any atom is -0.481 e.